The third-order valence-corrected chi connectivity index (χ3v) is 2.41. The zero-order valence-electron chi connectivity index (χ0n) is 9.93. The van der Waals surface area contributed by atoms with Crippen molar-refractivity contribution in [2.24, 2.45) is 0 Å². The Bertz CT molecular complexity index is 185. The lowest BCUT2D eigenvalue weighted by Gasteiger charge is -2.25. The van der Waals surface area contributed by atoms with Crippen LogP contribution in [0.15, 0.2) is 0 Å². The molecule has 0 amide bonds. The van der Waals surface area contributed by atoms with Gasteiger partial charge in [0.1, 0.15) is 5.54 Å². The monoisotopic (exact) mass is 197 g/mol. The summed E-state index contributed by atoms with van der Waals surface area (Å²) in [5.41, 5.74) is -0.364. The zero-order chi connectivity index (χ0) is 11.0. The average molecular weight is 197 g/mol. The molecule has 0 fully saturated rings. The highest BCUT2D eigenvalue weighted by atomic mass is 15.1. The molecule has 1 N–H and O–H groups in total. The molecule has 0 spiro atoms. The minimum atomic E-state index is -0.364. The first-order valence-corrected chi connectivity index (χ1v) is 5.42. The van der Waals surface area contributed by atoms with E-state index in [1.54, 1.807) is 0 Å². The topological polar surface area (TPSA) is 39.1 Å². The molecule has 0 aromatic heterocycles. The van der Waals surface area contributed by atoms with E-state index < -0.39 is 0 Å². The molecule has 0 aromatic rings. The van der Waals surface area contributed by atoms with Gasteiger partial charge in [-0.2, -0.15) is 5.26 Å². The Kier molecular flexibility index (Phi) is 6.52. The van der Waals surface area contributed by atoms with Crippen LogP contribution in [-0.2, 0) is 0 Å². The SMILES string of the molecule is CCCN(C)CCC(C)(C#N)NCC. The first-order chi connectivity index (χ1) is 6.58. The summed E-state index contributed by atoms with van der Waals surface area (Å²) < 4.78 is 0. The van der Waals surface area contributed by atoms with Gasteiger partial charge < -0.3 is 4.90 Å². The maximum Gasteiger partial charge on any atom is 0.105 e. The molecule has 0 rings (SSSR count). The van der Waals surface area contributed by atoms with Crippen LogP contribution >= 0.6 is 0 Å². The Balaban J connectivity index is 3.89. The molecule has 0 saturated carbocycles. The predicted molar refractivity (Wildman–Crippen MR) is 60.1 cm³/mol. The Hall–Kier alpha value is -0.590. The van der Waals surface area contributed by atoms with Gasteiger partial charge in [-0.05, 0) is 39.9 Å². The summed E-state index contributed by atoms with van der Waals surface area (Å²) in [6.07, 6.45) is 2.05. The molecular formula is C11H23N3. The van der Waals surface area contributed by atoms with Crippen molar-refractivity contribution in [3.05, 3.63) is 0 Å². The minimum absolute atomic E-state index is 0.364. The Labute approximate surface area is 88.1 Å². The molecule has 0 aliphatic heterocycles. The van der Waals surface area contributed by atoms with Gasteiger partial charge in [-0.25, -0.2) is 0 Å². The summed E-state index contributed by atoms with van der Waals surface area (Å²) in [6, 6.07) is 2.34. The third-order valence-electron chi connectivity index (χ3n) is 2.41. The van der Waals surface area contributed by atoms with E-state index in [2.05, 4.69) is 30.3 Å². The van der Waals surface area contributed by atoms with Crippen LogP contribution < -0.4 is 5.32 Å². The van der Waals surface area contributed by atoms with Crippen LogP contribution in [0.2, 0.25) is 0 Å². The lowest BCUT2D eigenvalue weighted by molar-refractivity contribution is 0.290. The summed E-state index contributed by atoms with van der Waals surface area (Å²) >= 11 is 0. The third kappa shape index (κ3) is 5.21. The summed E-state index contributed by atoms with van der Waals surface area (Å²) in [5.74, 6) is 0. The second-order valence-corrected chi connectivity index (χ2v) is 4.03. The van der Waals surface area contributed by atoms with E-state index in [9.17, 15) is 0 Å². The van der Waals surface area contributed by atoms with Crippen molar-refractivity contribution in [2.45, 2.75) is 39.2 Å². The molecule has 1 unspecified atom stereocenters. The summed E-state index contributed by atoms with van der Waals surface area (Å²) in [4.78, 5) is 2.27. The van der Waals surface area contributed by atoms with E-state index in [-0.39, 0.29) is 5.54 Å². The highest BCUT2D eigenvalue weighted by molar-refractivity contribution is 5.03. The van der Waals surface area contributed by atoms with E-state index in [0.29, 0.717) is 0 Å². The van der Waals surface area contributed by atoms with Gasteiger partial charge in [-0.3, -0.25) is 5.32 Å². The van der Waals surface area contributed by atoms with Gasteiger partial charge in [-0.1, -0.05) is 13.8 Å². The molecule has 0 heterocycles. The van der Waals surface area contributed by atoms with Gasteiger partial charge in [0.15, 0.2) is 0 Å². The van der Waals surface area contributed by atoms with Crippen molar-refractivity contribution < 1.29 is 0 Å². The molecule has 82 valence electrons. The fourth-order valence-electron chi connectivity index (χ4n) is 1.48. The number of nitrogens with zero attached hydrogens (tertiary/aromatic N) is 2. The number of nitriles is 1. The van der Waals surface area contributed by atoms with Crippen LogP contribution in [0.4, 0.5) is 0 Å². The molecule has 0 aliphatic carbocycles. The normalized spacial score (nSPS) is 15.1. The molecule has 3 nitrogen and oxygen atoms in total. The van der Waals surface area contributed by atoms with E-state index in [1.807, 2.05) is 13.8 Å². The maximum absolute atomic E-state index is 9.03. The first-order valence-electron chi connectivity index (χ1n) is 5.42. The van der Waals surface area contributed by atoms with Crippen LogP contribution in [-0.4, -0.2) is 37.1 Å². The Morgan fingerprint density at radius 1 is 1.36 bits per heavy atom. The minimum Gasteiger partial charge on any atom is -0.306 e. The van der Waals surface area contributed by atoms with Crippen molar-refractivity contribution in [2.75, 3.05) is 26.7 Å². The highest BCUT2D eigenvalue weighted by Gasteiger charge is 2.21. The second kappa shape index (κ2) is 6.80. The number of hydrogen-bond acceptors (Lipinski definition) is 3. The van der Waals surface area contributed by atoms with E-state index in [1.165, 1.54) is 6.42 Å². The standard InChI is InChI=1S/C11H23N3/c1-5-8-14(4)9-7-11(3,10-12)13-6-2/h13H,5-9H2,1-4H3. The number of hydrogen-bond donors (Lipinski definition) is 1. The van der Waals surface area contributed by atoms with Crippen molar-refractivity contribution in [1.29, 1.82) is 5.26 Å². The zero-order valence-corrected chi connectivity index (χ0v) is 9.93. The molecule has 0 bridgehead atoms. The predicted octanol–water partition coefficient (Wildman–Crippen LogP) is 1.61. The smallest absolute Gasteiger partial charge is 0.105 e. The van der Waals surface area contributed by atoms with E-state index in [4.69, 9.17) is 5.26 Å². The largest absolute Gasteiger partial charge is 0.306 e. The van der Waals surface area contributed by atoms with Crippen LogP contribution in [0.5, 0.6) is 0 Å². The molecule has 1 atom stereocenters. The van der Waals surface area contributed by atoms with E-state index >= 15 is 0 Å². The molecule has 0 aliphatic rings. The Morgan fingerprint density at radius 2 is 2.00 bits per heavy atom. The quantitative estimate of drug-likeness (QED) is 0.674. The van der Waals surface area contributed by atoms with Crippen molar-refractivity contribution in [3.8, 4) is 6.07 Å². The fraction of sp³-hybridized carbons (Fsp3) is 0.909. The van der Waals surface area contributed by atoms with Crippen molar-refractivity contribution in [3.63, 3.8) is 0 Å². The summed E-state index contributed by atoms with van der Waals surface area (Å²) in [7, 11) is 2.10. The van der Waals surface area contributed by atoms with Crippen LogP contribution in [0.3, 0.4) is 0 Å². The molecular weight excluding hydrogens is 174 g/mol. The lowest BCUT2D eigenvalue weighted by atomic mass is 9.99. The van der Waals surface area contributed by atoms with Gasteiger partial charge in [0.05, 0.1) is 6.07 Å². The van der Waals surface area contributed by atoms with Gasteiger partial charge in [-0.15, -0.1) is 0 Å². The first kappa shape index (κ1) is 13.4. The van der Waals surface area contributed by atoms with Crippen molar-refractivity contribution in [1.82, 2.24) is 10.2 Å². The number of nitrogens with one attached hydrogen (secondary N) is 1. The highest BCUT2D eigenvalue weighted by Crippen LogP contribution is 2.08. The summed E-state index contributed by atoms with van der Waals surface area (Å²) in [6.45, 7) is 9.10. The maximum atomic E-state index is 9.03. The fourth-order valence-corrected chi connectivity index (χ4v) is 1.48. The molecule has 14 heavy (non-hydrogen) atoms. The average Bonchev–Trinajstić information content (AvgIpc) is 2.16. The van der Waals surface area contributed by atoms with Gasteiger partial charge in [0.2, 0.25) is 0 Å². The van der Waals surface area contributed by atoms with Gasteiger partial charge >= 0.3 is 0 Å². The van der Waals surface area contributed by atoms with Crippen LogP contribution in [0, 0.1) is 11.3 Å². The van der Waals surface area contributed by atoms with Crippen molar-refractivity contribution >= 4 is 0 Å². The number of rotatable bonds is 7. The van der Waals surface area contributed by atoms with Crippen LogP contribution in [0.1, 0.15) is 33.6 Å². The molecule has 0 aromatic carbocycles. The van der Waals surface area contributed by atoms with Crippen LogP contribution in [0.25, 0.3) is 0 Å². The summed E-state index contributed by atoms with van der Waals surface area (Å²) in [5, 5.41) is 12.2. The second-order valence-electron chi connectivity index (χ2n) is 4.03. The molecule has 3 heteroatoms. The van der Waals surface area contributed by atoms with E-state index in [0.717, 1.165) is 26.1 Å². The lowest BCUT2D eigenvalue weighted by Crippen LogP contribution is -2.43. The molecule has 0 radical (unpaired) electrons. The van der Waals surface area contributed by atoms with Gasteiger partial charge in [0.25, 0.3) is 0 Å². The Morgan fingerprint density at radius 3 is 2.43 bits per heavy atom. The van der Waals surface area contributed by atoms with Gasteiger partial charge in [0, 0.05) is 6.54 Å². The molecule has 0 saturated heterocycles.